The molecule has 0 aliphatic carbocycles. The van der Waals surface area contributed by atoms with Crippen LogP contribution in [0.25, 0.3) is 0 Å². The normalized spacial score (nSPS) is 23.1. The van der Waals surface area contributed by atoms with Crippen LogP contribution in [0.5, 0.6) is 0 Å². The summed E-state index contributed by atoms with van der Waals surface area (Å²) in [6, 6.07) is 27.0. The molecule has 2 saturated heterocycles. The minimum absolute atomic E-state index is 0.252. The van der Waals surface area contributed by atoms with Gasteiger partial charge in [-0.15, -0.1) is 0 Å². The lowest BCUT2D eigenvalue weighted by Crippen LogP contribution is -2.55. The Labute approximate surface area is 180 Å². The predicted molar refractivity (Wildman–Crippen MR) is 114 cm³/mol. The van der Waals surface area contributed by atoms with Gasteiger partial charge in [0.15, 0.2) is 5.54 Å². The zero-order chi connectivity index (χ0) is 21.4. The number of hydrogen-bond donors (Lipinski definition) is 1. The van der Waals surface area contributed by atoms with Crippen LogP contribution in [-0.4, -0.2) is 34.3 Å². The van der Waals surface area contributed by atoms with Gasteiger partial charge in [0.25, 0.3) is 11.8 Å². The van der Waals surface area contributed by atoms with Gasteiger partial charge in [0.2, 0.25) is 5.91 Å². The SMILES string of the molecule is O=C(N[C@@]1(c2ccccc2)C(=O)N2C(=O)CCN2[C@H]1c1ccccc1)c1ccccc1. The van der Waals surface area contributed by atoms with E-state index in [2.05, 4.69) is 5.32 Å². The van der Waals surface area contributed by atoms with Gasteiger partial charge in [-0.2, -0.15) is 5.01 Å². The highest BCUT2D eigenvalue weighted by Gasteiger charge is 2.64. The van der Waals surface area contributed by atoms with Crippen molar-refractivity contribution in [2.45, 2.75) is 18.0 Å². The summed E-state index contributed by atoms with van der Waals surface area (Å²) >= 11 is 0. The third-order valence-electron chi connectivity index (χ3n) is 5.98. The van der Waals surface area contributed by atoms with E-state index in [4.69, 9.17) is 0 Å². The number of amides is 3. The maximum atomic E-state index is 13.9. The number of benzene rings is 3. The van der Waals surface area contributed by atoms with Crippen LogP contribution < -0.4 is 5.32 Å². The van der Waals surface area contributed by atoms with Crippen LogP contribution in [0.15, 0.2) is 91.0 Å². The maximum absolute atomic E-state index is 13.9. The summed E-state index contributed by atoms with van der Waals surface area (Å²) in [4.78, 5) is 39.9. The first-order valence-corrected chi connectivity index (χ1v) is 10.2. The van der Waals surface area contributed by atoms with Gasteiger partial charge >= 0.3 is 0 Å². The minimum atomic E-state index is -1.44. The highest BCUT2D eigenvalue weighted by Crippen LogP contribution is 2.49. The molecule has 2 fully saturated rings. The first-order valence-electron chi connectivity index (χ1n) is 10.2. The highest BCUT2D eigenvalue weighted by molar-refractivity contribution is 6.07. The highest BCUT2D eigenvalue weighted by atomic mass is 16.2. The van der Waals surface area contributed by atoms with Crippen molar-refractivity contribution in [3.8, 4) is 0 Å². The van der Waals surface area contributed by atoms with E-state index >= 15 is 0 Å². The second-order valence-corrected chi connectivity index (χ2v) is 7.73. The van der Waals surface area contributed by atoms with Gasteiger partial charge in [-0.3, -0.25) is 14.4 Å². The topological polar surface area (TPSA) is 69.7 Å². The Morgan fingerprint density at radius 1 is 0.839 bits per heavy atom. The molecule has 2 heterocycles. The molecule has 0 spiro atoms. The fourth-order valence-corrected chi connectivity index (χ4v) is 4.62. The monoisotopic (exact) mass is 411 g/mol. The second-order valence-electron chi connectivity index (χ2n) is 7.73. The summed E-state index contributed by atoms with van der Waals surface area (Å²) in [6.45, 7) is 0.417. The fraction of sp³-hybridized carbons (Fsp3) is 0.160. The van der Waals surface area contributed by atoms with E-state index in [9.17, 15) is 14.4 Å². The van der Waals surface area contributed by atoms with Crippen LogP contribution in [0.2, 0.25) is 0 Å². The number of imide groups is 1. The van der Waals surface area contributed by atoms with Crippen molar-refractivity contribution in [1.82, 2.24) is 15.3 Å². The summed E-state index contributed by atoms with van der Waals surface area (Å²) < 4.78 is 0. The Kier molecular flexibility index (Phi) is 4.64. The summed E-state index contributed by atoms with van der Waals surface area (Å²) in [5.74, 6) is -1.05. The molecule has 0 aromatic heterocycles. The molecule has 0 radical (unpaired) electrons. The molecule has 2 aliphatic heterocycles. The van der Waals surface area contributed by atoms with Crippen molar-refractivity contribution >= 4 is 17.7 Å². The molecule has 2 aliphatic rings. The molecule has 6 heteroatoms. The van der Waals surface area contributed by atoms with Gasteiger partial charge in [-0.1, -0.05) is 78.9 Å². The van der Waals surface area contributed by atoms with E-state index < -0.39 is 17.5 Å². The number of hydrogen-bond acceptors (Lipinski definition) is 4. The average Bonchev–Trinajstić information content (AvgIpc) is 3.31. The summed E-state index contributed by atoms with van der Waals surface area (Å²) in [7, 11) is 0. The molecule has 3 amide bonds. The van der Waals surface area contributed by atoms with Crippen molar-refractivity contribution < 1.29 is 14.4 Å². The van der Waals surface area contributed by atoms with Crippen LogP contribution in [0, 0.1) is 0 Å². The molecule has 2 atom stereocenters. The van der Waals surface area contributed by atoms with E-state index in [1.165, 1.54) is 5.01 Å². The van der Waals surface area contributed by atoms with Crippen molar-refractivity contribution in [2.24, 2.45) is 0 Å². The largest absolute Gasteiger partial charge is 0.332 e. The van der Waals surface area contributed by atoms with Crippen LogP contribution in [-0.2, 0) is 15.1 Å². The third kappa shape index (κ3) is 2.95. The molecule has 0 unspecified atom stereocenters. The van der Waals surface area contributed by atoms with Crippen LogP contribution in [0.1, 0.15) is 33.9 Å². The van der Waals surface area contributed by atoms with E-state index in [-0.39, 0.29) is 18.2 Å². The van der Waals surface area contributed by atoms with Gasteiger partial charge in [0.05, 0.1) is 6.04 Å². The number of fused-ring (bicyclic) bond motifs is 1. The van der Waals surface area contributed by atoms with E-state index in [0.717, 1.165) is 5.56 Å². The van der Waals surface area contributed by atoms with Crippen molar-refractivity contribution in [2.75, 3.05) is 6.54 Å². The third-order valence-corrected chi connectivity index (χ3v) is 5.98. The molecule has 1 N–H and O–H groups in total. The lowest BCUT2D eigenvalue weighted by Gasteiger charge is -2.36. The molecular weight excluding hydrogens is 390 g/mol. The van der Waals surface area contributed by atoms with Crippen LogP contribution >= 0.6 is 0 Å². The smallest absolute Gasteiger partial charge is 0.276 e. The van der Waals surface area contributed by atoms with Gasteiger partial charge in [-0.05, 0) is 23.3 Å². The van der Waals surface area contributed by atoms with E-state index in [0.29, 0.717) is 17.7 Å². The predicted octanol–water partition coefficient (Wildman–Crippen LogP) is 3.04. The molecule has 3 aromatic rings. The standard InChI is InChI=1S/C25H21N3O3/c29-21-16-17-27-22(18-10-4-1-5-11-18)25(24(31)28(21)27,20-14-8-3-9-15-20)26-23(30)19-12-6-2-7-13-19/h1-15,22H,16-17H2,(H,26,30)/t22-,25+/m0/s1. The number of carbonyl (C=O) groups excluding carboxylic acids is 3. The van der Waals surface area contributed by atoms with Gasteiger partial charge in [0, 0.05) is 18.5 Å². The quantitative estimate of drug-likeness (QED) is 0.670. The number of hydrazine groups is 1. The molecule has 154 valence electrons. The molecule has 0 bridgehead atoms. The number of nitrogens with one attached hydrogen (secondary N) is 1. The van der Waals surface area contributed by atoms with E-state index in [1.807, 2.05) is 66.7 Å². The lowest BCUT2D eigenvalue weighted by atomic mass is 9.79. The first kappa shape index (κ1) is 19.2. The summed E-state index contributed by atoms with van der Waals surface area (Å²) in [5, 5.41) is 6.06. The lowest BCUT2D eigenvalue weighted by molar-refractivity contribution is -0.150. The molecule has 6 nitrogen and oxygen atoms in total. The van der Waals surface area contributed by atoms with Gasteiger partial charge in [0.1, 0.15) is 0 Å². The van der Waals surface area contributed by atoms with Crippen molar-refractivity contribution in [3.05, 3.63) is 108 Å². The fourth-order valence-electron chi connectivity index (χ4n) is 4.62. The van der Waals surface area contributed by atoms with Crippen molar-refractivity contribution in [1.29, 1.82) is 0 Å². The Morgan fingerprint density at radius 3 is 2.06 bits per heavy atom. The van der Waals surface area contributed by atoms with Crippen LogP contribution in [0.4, 0.5) is 0 Å². The van der Waals surface area contributed by atoms with Gasteiger partial charge < -0.3 is 5.32 Å². The number of nitrogens with zero attached hydrogens (tertiary/aromatic N) is 2. The Balaban J connectivity index is 1.72. The van der Waals surface area contributed by atoms with Crippen molar-refractivity contribution in [3.63, 3.8) is 0 Å². The molecule has 31 heavy (non-hydrogen) atoms. The first-order chi connectivity index (χ1) is 15.1. The summed E-state index contributed by atoms with van der Waals surface area (Å²) in [5.41, 5.74) is 0.502. The average molecular weight is 411 g/mol. The second kappa shape index (κ2) is 7.49. The molecule has 5 rings (SSSR count). The molecule has 3 aromatic carbocycles. The number of carbonyl (C=O) groups is 3. The molecule has 0 saturated carbocycles. The summed E-state index contributed by atoms with van der Waals surface area (Å²) in [6.07, 6.45) is 0.270. The zero-order valence-corrected chi connectivity index (χ0v) is 16.8. The van der Waals surface area contributed by atoms with Crippen LogP contribution in [0.3, 0.4) is 0 Å². The Hall–Kier alpha value is -3.77. The Morgan fingerprint density at radius 2 is 1.42 bits per heavy atom. The minimum Gasteiger partial charge on any atom is -0.332 e. The Bertz CT molecular complexity index is 1130. The number of rotatable bonds is 4. The van der Waals surface area contributed by atoms with Gasteiger partial charge in [-0.25, -0.2) is 5.01 Å². The molecular formula is C25H21N3O3. The zero-order valence-electron chi connectivity index (χ0n) is 16.8. The van der Waals surface area contributed by atoms with E-state index in [1.54, 1.807) is 29.3 Å². The maximum Gasteiger partial charge on any atom is 0.276 e.